The molecule has 0 heterocycles. The van der Waals surface area contributed by atoms with Crippen LogP contribution in [0.3, 0.4) is 0 Å². The SMILES string of the molecule is CCOc1ccc(S(=O)(=O)NCCC(=O)NC(CC(C)C)C(=O)O)cc1. The van der Waals surface area contributed by atoms with Gasteiger partial charge in [-0.25, -0.2) is 17.9 Å². The van der Waals surface area contributed by atoms with Crippen LogP contribution in [0.4, 0.5) is 0 Å². The first-order chi connectivity index (χ1) is 12.2. The molecule has 26 heavy (non-hydrogen) atoms. The second-order valence-electron chi connectivity index (χ2n) is 6.14. The number of amides is 1. The highest BCUT2D eigenvalue weighted by molar-refractivity contribution is 7.89. The first kappa shape index (κ1) is 21.9. The molecule has 0 saturated carbocycles. The fourth-order valence-corrected chi connectivity index (χ4v) is 3.26. The van der Waals surface area contributed by atoms with Gasteiger partial charge in [0.25, 0.3) is 0 Å². The van der Waals surface area contributed by atoms with E-state index in [4.69, 9.17) is 9.84 Å². The van der Waals surface area contributed by atoms with Crippen LogP contribution >= 0.6 is 0 Å². The quantitative estimate of drug-likeness (QED) is 0.528. The van der Waals surface area contributed by atoms with E-state index in [-0.39, 0.29) is 23.8 Å². The van der Waals surface area contributed by atoms with E-state index in [2.05, 4.69) is 10.0 Å². The standard InChI is InChI=1S/C17H26N2O6S/c1-4-25-13-5-7-14(8-6-13)26(23,24)18-10-9-16(20)19-15(17(21)22)11-12(2)3/h5-8,12,15,18H,4,9-11H2,1-3H3,(H,19,20)(H,21,22). The van der Waals surface area contributed by atoms with Crippen molar-refractivity contribution in [1.82, 2.24) is 10.0 Å². The third kappa shape index (κ3) is 7.40. The van der Waals surface area contributed by atoms with Gasteiger partial charge in [0.05, 0.1) is 11.5 Å². The highest BCUT2D eigenvalue weighted by Gasteiger charge is 2.21. The summed E-state index contributed by atoms with van der Waals surface area (Å²) in [6, 6.07) is 4.94. The van der Waals surface area contributed by atoms with E-state index in [1.807, 2.05) is 20.8 Å². The van der Waals surface area contributed by atoms with Gasteiger partial charge in [0.2, 0.25) is 15.9 Å². The van der Waals surface area contributed by atoms with Crippen molar-refractivity contribution in [1.29, 1.82) is 0 Å². The lowest BCUT2D eigenvalue weighted by atomic mass is 10.0. The second kappa shape index (κ2) is 10.1. The van der Waals surface area contributed by atoms with Crippen LogP contribution in [0.25, 0.3) is 0 Å². The summed E-state index contributed by atoms with van der Waals surface area (Å²) in [6.45, 7) is 5.89. The third-order valence-electron chi connectivity index (χ3n) is 3.43. The summed E-state index contributed by atoms with van der Waals surface area (Å²) in [5.41, 5.74) is 0. The van der Waals surface area contributed by atoms with Gasteiger partial charge in [0.1, 0.15) is 11.8 Å². The molecule has 8 nitrogen and oxygen atoms in total. The summed E-state index contributed by atoms with van der Waals surface area (Å²) in [6.07, 6.45) is 0.150. The maximum atomic E-state index is 12.2. The summed E-state index contributed by atoms with van der Waals surface area (Å²) in [5.74, 6) is -0.959. The van der Waals surface area contributed by atoms with Gasteiger partial charge in [-0.2, -0.15) is 0 Å². The zero-order chi connectivity index (χ0) is 19.7. The summed E-state index contributed by atoms with van der Waals surface area (Å²) in [4.78, 5) is 23.0. The zero-order valence-corrected chi connectivity index (χ0v) is 16.0. The number of aliphatic carboxylic acids is 1. The van der Waals surface area contributed by atoms with E-state index in [0.717, 1.165) is 0 Å². The number of carbonyl (C=O) groups is 2. The fourth-order valence-electron chi connectivity index (χ4n) is 2.22. The molecule has 1 rings (SSSR count). The minimum absolute atomic E-state index is 0.0598. The van der Waals surface area contributed by atoms with Crippen molar-refractivity contribution in [3.63, 3.8) is 0 Å². The van der Waals surface area contributed by atoms with Crippen molar-refractivity contribution in [2.24, 2.45) is 5.92 Å². The molecule has 1 amide bonds. The number of hydrogen-bond donors (Lipinski definition) is 3. The molecule has 0 fully saturated rings. The molecule has 0 bridgehead atoms. The Hall–Kier alpha value is -2.13. The molecule has 0 saturated heterocycles. The van der Waals surface area contributed by atoms with E-state index >= 15 is 0 Å². The van der Waals surface area contributed by atoms with Crippen molar-refractivity contribution >= 4 is 21.9 Å². The van der Waals surface area contributed by atoms with E-state index in [1.165, 1.54) is 12.1 Å². The molecule has 9 heteroatoms. The summed E-state index contributed by atoms with van der Waals surface area (Å²) in [7, 11) is -3.75. The first-order valence-electron chi connectivity index (χ1n) is 8.40. The number of benzene rings is 1. The van der Waals surface area contributed by atoms with Crippen molar-refractivity contribution < 1.29 is 27.9 Å². The molecule has 0 aliphatic heterocycles. The minimum Gasteiger partial charge on any atom is -0.494 e. The first-order valence-corrected chi connectivity index (χ1v) is 9.88. The van der Waals surface area contributed by atoms with Crippen LogP contribution in [0.1, 0.15) is 33.6 Å². The van der Waals surface area contributed by atoms with Crippen LogP contribution in [-0.2, 0) is 19.6 Å². The minimum atomic E-state index is -3.75. The van der Waals surface area contributed by atoms with Gasteiger partial charge in [0, 0.05) is 13.0 Å². The molecule has 3 N–H and O–H groups in total. The van der Waals surface area contributed by atoms with Crippen molar-refractivity contribution in [3.8, 4) is 5.75 Å². The predicted molar refractivity (Wildman–Crippen MR) is 96.4 cm³/mol. The van der Waals surface area contributed by atoms with E-state index in [0.29, 0.717) is 18.8 Å². The lowest BCUT2D eigenvalue weighted by Crippen LogP contribution is -2.42. The van der Waals surface area contributed by atoms with E-state index in [1.54, 1.807) is 12.1 Å². The highest BCUT2D eigenvalue weighted by atomic mass is 32.2. The molecular weight excluding hydrogens is 360 g/mol. The lowest BCUT2D eigenvalue weighted by Gasteiger charge is -2.16. The largest absolute Gasteiger partial charge is 0.494 e. The molecular formula is C17H26N2O6S. The second-order valence-corrected chi connectivity index (χ2v) is 7.91. The zero-order valence-electron chi connectivity index (χ0n) is 15.2. The van der Waals surface area contributed by atoms with Crippen LogP contribution in [0, 0.1) is 5.92 Å². The number of sulfonamides is 1. The monoisotopic (exact) mass is 386 g/mol. The number of rotatable bonds is 11. The summed E-state index contributed by atoms with van der Waals surface area (Å²) >= 11 is 0. The van der Waals surface area contributed by atoms with Gasteiger partial charge in [-0.15, -0.1) is 0 Å². The van der Waals surface area contributed by atoms with Crippen LogP contribution in [0.2, 0.25) is 0 Å². The molecule has 1 atom stereocenters. The molecule has 1 unspecified atom stereocenters. The Kier molecular flexibility index (Phi) is 8.53. The average Bonchev–Trinajstić information content (AvgIpc) is 2.54. The Bertz CT molecular complexity index is 700. The molecule has 0 aliphatic carbocycles. The Labute approximate surface area is 154 Å². The Balaban J connectivity index is 2.54. The molecule has 0 aromatic heterocycles. The van der Waals surface area contributed by atoms with Gasteiger partial charge in [-0.1, -0.05) is 13.8 Å². The molecule has 146 valence electrons. The number of carbonyl (C=O) groups excluding carboxylic acids is 1. The predicted octanol–water partition coefficient (Wildman–Crippen LogP) is 1.37. The molecule has 0 aliphatic rings. The number of carboxylic acids is 1. The average molecular weight is 386 g/mol. The van der Waals surface area contributed by atoms with Gasteiger partial charge in [-0.3, -0.25) is 4.79 Å². The van der Waals surface area contributed by atoms with Crippen LogP contribution in [-0.4, -0.2) is 44.6 Å². The highest BCUT2D eigenvalue weighted by Crippen LogP contribution is 2.15. The number of carboxylic acid groups (broad SMARTS) is 1. The van der Waals surface area contributed by atoms with Crippen molar-refractivity contribution in [2.45, 2.75) is 44.6 Å². The fraction of sp³-hybridized carbons (Fsp3) is 0.529. The Morgan fingerprint density at radius 1 is 1.19 bits per heavy atom. The molecule has 0 spiro atoms. The van der Waals surface area contributed by atoms with Crippen LogP contribution in [0.15, 0.2) is 29.2 Å². The van der Waals surface area contributed by atoms with Gasteiger partial charge >= 0.3 is 5.97 Å². The molecule has 0 radical (unpaired) electrons. The smallest absolute Gasteiger partial charge is 0.326 e. The molecule has 1 aromatic rings. The van der Waals surface area contributed by atoms with Crippen molar-refractivity contribution in [3.05, 3.63) is 24.3 Å². The van der Waals surface area contributed by atoms with Gasteiger partial charge in [0.15, 0.2) is 0 Å². The van der Waals surface area contributed by atoms with Crippen molar-refractivity contribution in [2.75, 3.05) is 13.2 Å². The molecule has 1 aromatic carbocycles. The number of ether oxygens (including phenoxy) is 1. The van der Waals surface area contributed by atoms with Crippen LogP contribution in [0.5, 0.6) is 5.75 Å². The van der Waals surface area contributed by atoms with E-state index in [9.17, 15) is 18.0 Å². The lowest BCUT2D eigenvalue weighted by molar-refractivity contribution is -0.142. The summed E-state index contributed by atoms with van der Waals surface area (Å²) in [5, 5.41) is 11.5. The van der Waals surface area contributed by atoms with Gasteiger partial charge in [-0.05, 0) is 43.5 Å². The van der Waals surface area contributed by atoms with Gasteiger partial charge < -0.3 is 15.2 Å². The summed E-state index contributed by atoms with van der Waals surface area (Å²) < 4.78 is 31.9. The number of nitrogens with one attached hydrogen (secondary N) is 2. The Morgan fingerprint density at radius 3 is 2.31 bits per heavy atom. The van der Waals surface area contributed by atoms with Crippen LogP contribution < -0.4 is 14.8 Å². The Morgan fingerprint density at radius 2 is 1.81 bits per heavy atom. The number of hydrogen-bond acceptors (Lipinski definition) is 5. The third-order valence-corrected chi connectivity index (χ3v) is 4.91. The maximum absolute atomic E-state index is 12.2. The maximum Gasteiger partial charge on any atom is 0.326 e. The topological polar surface area (TPSA) is 122 Å². The van der Waals surface area contributed by atoms with E-state index < -0.39 is 27.9 Å². The normalized spacial score (nSPS) is 12.6.